The van der Waals surface area contributed by atoms with E-state index in [1.807, 2.05) is 97.9 Å². The quantitative estimate of drug-likeness (QED) is 0.161. The summed E-state index contributed by atoms with van der Waals surface area (Å²) >= 11 is 3.63. The molecule has 0 saturated heterocycles. The number of amides is 1. The van der Waals surface area contributed by atoms with E-state index in [0.29, 0.717) is 33.3 Å². The van der Waals surface area contributed by atoms with Crippen molar-refractivity contribution in [2.24, 2.45) is 5.92 Å². The van der Waals surface area contributed by atoms with Crippen molar-refractivity contribution in [1.82, 2.24) is 15.3 Å². The van der Waals surface area contributed by atoms with Gasteiger partial charge in [0.2, 0.25) is 0 Å². The molecule has 1 aliphatic rings. The van der Waals surface area contributed by atoms with Gasteiger partial charge in [-0.15, -0.1) is 0 Å². The van der Waals surface area contributed by atoms with Crippen molar-refractivity contribution < 1.29 is 14.7 Å². The van der Waals surface area contributed by atoms with Crippen LogP contribution < -0.4 is 5.32 Å². The van der Waals surface area contributed by atoms with Gasteiger partial charge < -0.3 is 10.4 Å². The maximum absolute atomic E-state index is 13.5. The van der Waals surface area contributed by atoms with Crippen LogP contribution in [0, 0.1) is 12.8 Å². The Kier molecular flexibility index (Phi) is 10.8. The molecule has 1 amide bonds. The minimum atomic E-state index is -0.918. The molecule has 1 fully saturated rings. The van der Waals surface area contributed by atoms with E-state index < -0.39 is 5.97 Å². The zero-order chi connectivity index (χ0) is 34.3. The van der Waals surface area contributed by atoms with Gasteiger partial charge in [-0.25, -0.2) is 14.8 Å². The molecule has 0 bridgehead atoms. The highest BCUT2D eigenvalue weighted by Crippen LogP contribution is 2.33. The molecule has 6 aromatic rings. The van der Waals surface area contributed by atoms with E-state index in [0.717, 1.165) is 44.5 Å². The number of pyridine rings is 2. The van der Waals surface area contributed by atoms with E-state index in [9.17, 15) is 14.7 Å². The molecule has 0 aliphatic heterocycles. The summed E-state index contributed by atoms with van der Waals surface area (Å²) in [4.78, 5) is 34.6. The second-order valence-electron chi connectivity index (χ2n) is 12.6. The Morgan fingerprint density at radius 1 is 0.735 bits per heavy atom. The number of fused-ring (bicyclic) bond motifs is 2. The molecule has 7 rings (SSSR count). The van der Waals surface area contributed by atoms with Crippen molar-refractivity contribution in [3.63, 3.8) is 0 Å². The maximum Gasteiger partial charge on any atom is 0.336 e. The number of benzene rings is 4. The van der Waals surface area contributed by atoms with E-state index in [4.69, 9.17) is 4.98 Å². The first kappa shape index (κ1) is 34.0. The first-order valence-electron chi connectivity index (χ1n) is 16.9. The third-order valence-corrected chi connectivity index (χ3v) is 10.1. The molecule has 1 aliphatic carbocycles. The first-order valence-corrected chi connectivity index (χ1v) is 18.0. The lowest BCUT2D eigenvalue weighted by Gasteiger charge is -2.28. The highest BCUT2D eigenvalue weighted by atomic mass is 79.9. The van der Waals surface area contributed by atoms with Gasteiger partial charge in [-0.1, -0.05) is 132 Å². The van der Waals surface area contributed by atoms with Crippen LogP contribution in [0.25, 0.3) is 44.3 Å². The number of carboxylic acids is 1. The molecule has 6 nitrogen and oxygen atoms in total. The summed E-state index contributed by atoms with van der Waals surface area (Å²) in [5.41, 5.74) is 7.83. The number of carbonyl (C=O) groups is 2. The number of carboxylic acid groups (broad SMARTS) is 1. The van der Waals surface area contributed by atoms with Crippen molar-refractivity contribution in [3.05, 3.63) is 131 Å². The molecule has 49 heavy (non-hydrogen) atoms. The summed E-state index contributed by atoms with van der Waals surface area (Å²) in [6, 6.07) is 35.2. The second kappa shape index (κ2) is 15.6. The van der Waals surface area contributed by atoms with Gasteiger partial charge >= 0.3 is 5.97 Å². The predicted molar refractivity (Wildman–Crippen MR) is 202 cm³/mol. The van der Waals surface area contributed by atoms with Crippen LogP contribution in [0.5, 0.6) is 0 Å². The summed E-state index contributed by atoms with van der Waals surface area (Å²) in [5.74, 6) is -0.339. The molecule has 7 heteroatoms. The fourth-order valence-corrected chi connectivity index (χ4v) is 7.51. The molecule has 0 unspecified atom stereocenters. The fourth-order valence-electron chi connectivity index (χ4n) is 6.97. The number of nitrogens with one attached hydrogen (secondary N) is 1. The van der Waals surface area contributed by atoms with Crippen LogP contribution in [-0.4, -0.2) is 33.0 Å². The van der Waals surface area contributed by atoms with Crippen LogP contribution in [0.3, 0.4) is 0 Å². The molecular weight excluding hydrogens is 674 g/mol. The van der Waals surface area contributed by atoms with Crippen LogP contribution in [0.2, 0.25) is 0 Å². The van der Waals surface area contributed by atoms with Gasteiger partial charge in [-0.2, -0.15) is 0 Å². The van der Waals surface area contributed by atoms with Gasteiger partial charge in [0.15, 0.2) is 0 Å². The zero-order valence-corrected chi connectivity index (χ0v) is 29.4. The zero-order valence-electron chi connectivity index (χ0n) is 27.8. The number of hydrogen-bond acceptors (Lipinski definition) is 4. The number of aromatic nitrogens is 2. The summed E-state index contributed by atoms with van der Waals surface area (Å²) in [6.07, 6.45) is 6.28. The van der Waals surface area contributed by atoms with E-state index in [-0.39, 0.29) is 11.9 Å². The van der Waals surface area contributed by atoms with E-state index in [1.54, 1.807) is 6.07 Å². The molecule has 2 heterocycles. The third-order valence-electron chi connectivity index (χ3n) is 9.51. The molecule has 1 saturated carbocycles. The van der Waals surface area contributed by atoms with Crippen molar-refractivity contribution >= 4 is 49.6 Å². The molecule has 0 radical (unpaired) electrons. The molecule has 2 aromatic heterocycles. The second-order valence-corrected chi connectivity index (χ2v) is 13.2. The smallest absolute Gasteiger partial charge is 0.336 e. The lowest BCUT2D eigenvalue weighted by Crippen LogP contribution is -2.39. The monoisotopic (exact) mass is 713 g/mol. The molecule has 2 N–H and O–H groups in total. The Morgan fingerprint density at radius 3 is 1.78 bits per heavy atom. The van der Waals surface area contributed by atoms with Crippen LogP contribution in [0.4, 0.5) is 0 Å². The largest absolute Gasteiger partial charge is 0.478 e. The molecule has 248 valence electrons. The average Bonchev–Trinajstić information content (AvgIpc) is 3.14. The molecule has 0 spiro atoms. The summed E-state index contributed by atoms with van der Waals surface area (Å²) in [5, 5.41) is 15.0. The SMILES string of the molecule is C[C@H](NC(=O)c1c(CBr)c(-c2ccccc2)nc2ccccc12)C1CCCCC1.Cc1c(-c2ccccc2)nc2ccccc2c1C(=O)O. The Morgan fingerprint density at radius 2 is 1.22 bits per heavy atom. The number of hydrogen-bond donors (Lipinski definition) is 2. The Balaban J connectivity index is 0.000000182. The van der Waals surface area contributed by atoms with Gasteiger partial charge in [0.25, 0.3) is 5.91 Å². The standard InChI is InChI=1S/C25H27BrN2O.C17H13NO2/c1-17(18-10-4-2-5-11-18)27-25(29)23-20-14-8-9-15-22(20)28-24(21(23)16-26)19-12-6-3-7-13-19;1-11-15(17(19)20)13-9-5-6-10-14(13)18-16(11)12-7-3-2-4-8-12/h3,6-9,12-15,17-18H,2,4-5,10-11,16H2,1H3,(H,27,29);2-10H,1H3,(H,19,20)/t17-;/m0./s1. The first-order chi connectivity index (χ1) is 23.9. The van der Waals surface area contributed by atoms with Gasteiger partial charge in [-0.05, 0) is 50.3 Å². The van der Waals surface area contributed by atoms with Gasteiger partial charge in [0.05, 0.1) is 33.5 Å². The van der Waals surface area contributed by atoms with Gasteiger partial charge in [0, 0.05) is 38.8 Å². The molecular formula is C42H40BrN3O3. The van der Waals surface area contributed by atoms with Crippen molar-refractivity contribution in [2.75, 3.05) is 0 Å². The van der Waals surface area contributed by atoms with E-state index in [2.05, 4.69) is 45.3 Å². The number of aromatic carboxylic acids is 1. The summed E-state index contributed by atoms with van der Waals surface area (Å²) < 4.78 is 0. The number of carbonyl (C=O) groups excluding carboxylic acids is 1. The number of rotatable bonds is 7. The van der Waals surface area contributed by atoms with E-state index in [1.165, 1.54) is 32.1 Å². The predicted octanol–water partition coefficient (Wildman–Crippen LogP) is 10.4. The van der Waals surface area contributed by atoms with Crippen LogP contribution in [0.1, 0.15) is 70.9 Å². The number of alkyl halides is 1. The maximum atomic E-state index is 13.5. The van der Waals surface area contributed by atoms with Gasteiger partial charge in [0.1, 0.15) is 0 Å². The Bertz CT molecular complexity index is 2090. The van der Waals surface area contributed by atoms with Crippen molar-refractivity contribution in [3.8, 4) is 22.5 Å². The normalized spacial score (nSPS) is 13.8. The Hall–Kier alpha value is -4.88. The summed E-state index contributed by atoms with van der Waals surface area (Å²) in [7, 11) is 0. The van der Waals surface area contributed by atoms with Crippen LogP contribution >= 0.6 is 15.9 Å². The summed E-state index contributed by atoms with van der Waals surface area (Å²) in [6.45, 7) is 3.97. The minimum absolute atomic E-state index is 0.00769. The van der Waals surface area contributed by atoms with Crippen molar-refractivity contribution in [2.45, 2.75) is 57.3 Å². The topological polar surface area (TPSA) is 92.2 Å². The molecule has 1 atom stereocenters. The van der Waals surface area contributed by atoms with Crippen LogP contribution in [0.15, 0.2) is 109 Å². The average molecular weight is 715 g/mol. The van der Waals surface area contributed by atoms with Crippen LogP contribution in [-0.2, 0) is 5.33 Å². The number of para-hydroxylation sites is 2. The van der Waals surface area contributed by atoms with Gasteiger partial charge in [-0.3, -0.25) is 4.79 Å². The number of nitrogens with zero attached hydrogens (tertiary/aromatic N) is 2. The van der Waals surface area contributed by atoms with Crippen molar-refractivity contribution in [1.29, 1.82) is 0 Å². The van der Waals surface area contributed by atoms with E-state index >= 15 is 0 Å². The fraction of sp³-hybridized carbons (Fsp3) is 0.238. The number of halogens is 1. The lowest BCUT2D eigenvalue weighted by molar-refractivity contribution is 0.0698. The lowest BCUT2D eigenvalue weighted by atomic mass is 9.84. The highest BCUT2D eigenvalue weighted by molar-refractivity contribution is 9.08. The molecule has 4 aromatic carbocycles. The third kappa shape index (κ3) is 7.42. The minimum Gasteiger partial charge on any atom is -0.478 e. The highest BCUT2D eigenvalue weighted by Gasteiger charge is 2.26. The Labute approximate surface area is 295 Å².